The van der Waals surface area contributed by atoms with Crippen molar-refractivity contribution in [1.29, 1.82) is 0 Å². The minimum Gasteiger partial charge on any atom is -0.457 e. The summed E-state index contributed by atoms with van der Waals surface area (Å²) in [5, 5.41) is 26.6. The number of nitrogens with one attached hydrogen (secondary N) is 1. The maximum Gasteiger partial charge on any atom is 0.303 e. The van der Waals surface area contributed by atoms with Crippen LogP contribution in [0.1, 0.15) is 113 Å². The summed E-state index contributed by atoms with van der Waals surface area (Å²) in [6.45, 7) is 19.5. The van der Waals surface area contributed by atoms with Crippen LogP contribution in [-0.4, -0.2) is 102 Å². The molecule has 0 aromatic carbocycles. The summed E-state index contributed by atoms with van der Waals surface area (Å²) in [4.78, 5) is 26.8. The number of rotatable bonds is 6. The Morgan fingerprint density at radius 1 is 1.08 bits per heavy atom. The van der Waals surface area contributed by atoms with Crippen molar-refractivity contribution in [3.63, 3.8) is 0 Å². The predicted octanol–water partition coefficient (Wildman–Crippen LogP) is 4.43. The van der Waals surface area contributed by atoms with E-state index in [1.807, 2.05) is 0 Å². The molecule has 1 amide bonds. The molecule has 10 heteroatoms. The summed E-state index contributed by atoms with van der Waals surface area (Å²) in [5.74, 6) is 1.18. The highest BCUT2D eigenvalue weighted by Gasteiger charge is 2.82. The first-order chi connectivity index (χ1) is 23.4. The molecule has 3 N–H and O–H groups in total. The number of hydrogen-bond acceptors (Lipinski definition) is 9. The Kier molecular flexibility index (Phi) is 8.29. The van der Waals surface area contributed by atoms with Crippen molar-refractivity contribution in [2.24, 2.45) is 50.7 Å². The molecule has 2 spiro atoms. The molecule has 282 valence electrons. The van der Waals surface area contributed by atoms with Crippen molar-refractivity contribution >= 4 is 11.9 Å². The number of esters is 1. The summed E-state index contributed by atoms with van der Waals surface area (Å²) in [5.41, 5.74) is -1.22. The van der Waals surface area contributed by atoms with Crippen LogP contribution in [0.2, 0.25) is 0 Å². The number of nitrogens with zero attached hydrogens (tertiary/aromatic N) is 1. The molecule has 6 saturated carbocycles. The van der Waals surface area contributed by atoms with Crippen molar-refractivity contribution in [3.8, 4) is 0 Å². The fraction of sp³-hybridized carbons (Fsp3) is 0.950. The van der Waals surface area contributed by atoms with Gasteiger partial charge < -0.3 is 34.5 Å². The van der Waals surface area contributed by atoms with Crippen LogP contribution in [0.25, 0.3) is 0 Å². The third-order valence-corrected chi connectivity index (χ3v) is 17.2. The van der Waals surface area contributed by atoms with Gasteiger partial charge in [0.05, 0.1) is 49.2 Å². The zero-order chi connectivity index (χ0) is 35.8. The topological polar surface area (TPSA) is 127 Å². The zero-order valence-electron chi connectivity index (χ0n) is 31.8. The molecule has 15 unspecified atom stereocenters. The minimum absolute atomic E-state index is 0.0138. The number of aliphatic hydroxyl groups is 2. The molecule has 0 radical (unpaired) electrons. The Morgan fingerprint density at radius 3 is 2.52 bits per heavy atom. The van der Waals surface area contributed by atoms with Crippen molar-refractivity contribution in [3.05, 3.63) is 0 Å². The van der Waals surface area contributed by atoms with Gasteiger partial charge in [-0.25, -0.2) is 0 Å². The Hall–Kier alpha value is -1.30. The first-order valence-electron chi connectivity index (χ1n) is 19.9. The standard InChI is InChI=1S/C40H64N2O8/c1-22-19-25(33(36(5,6)46)48-23(2)43)49-31-30(22)37(7)14-15-39-21-40(13-11-26(39)38(37,8)32(31)44)27(39)9-10-28(35(40,3)4)50-29-20-42(17-18-47-29)24-12-16-41-34(24)45/h22,24-33,44,46H,9-21H2,1-8H3,(H,41,45). The van der Waals surface area contributed by atoms with Crippen LogP contribution in [0.4, 0.5) is 0 Å². The Balaban J connectivity index is 1.02. The second-order valence-electron chi connectivity index (χ2n) is 19.7. The lowest BCUT2D eigenvalue weighted by Gasteiger charge is -2.81. The first-order valence-corrected chi connectivity index (χ1v) is 19.9. The van der Waals surface area contributed by atoms with E-state index in [0.717, 1.165) is 51.6 Å². The molecule has 9 fully saturated rings. The lowest BCUT2D eigenvalue weighted by molar-refractivity contribution is -0.356. The fourth-order valence-electron chi connectivity index (χ4n) is 14.9. The van der Waals surface area contributed by atoms with Crippen molar-refractivity contribution in [2.45, 2.75) is 162 Å². The lowest BCUT2D eigenvalue weighted by atomic mass is 9.23. The molecule has 9 aliphatic rings. The van der Waals surface area contributed by atoms with Gasteiger partial charge in [-0.05, 0) is 117 Å². The van der Waals surface area contributed by atoms with Crippen LogP contribution in [0.5, 0.6) is 0 Å². The highest BCUT2D eigenvalue weighted by Crippen LogP contribution is 2.86. The first kappa shape index (κ1) is 35.7. The number of fused-ring (bicyclic) bond motifs is 4. The summed E-state index contributed by atoms with van der Waals surface area (Å²) >= 11 is 0. The largest absolute Gasteiger partial charge is 0.457 e. The van der Waals surface area contributed by atoms with E-state index >= 15 is 0 Å². The average molecular weight is 701 g/mol. The summed E-state index contributed by atoms with van der Waals surface area (Å²) < 4.78 is 25.7. The minimum atomic E-state index is -1.26. The van der Waals surface area contributed by atoms with E-state index in [9.17, 15) is 19.8 Å². The molecule has 0 aromatic rings. The van der Waals surface area contributed by atoms with Crippen molar-refractivity contribution in [2.75, 3.05) is 26.2 Å². The normalized spacial score (nSPS) is 51.7. The van der Waals surface area contributed by atoms with Crippen LogP contribution in [0.3, 0.4) is 0 Å². The maximum absolute atomic E-state index is 12.6. The van der Waals surface area contributed by atoms with Crippen molar-refractivity contribution in [1.82, 2.24) is 10.2 Å². The second kappa shape index (κ2) is 11.6. The molecule has 3 saturated heterocycles. The molecule has 3 aliphatic heterocycles. The van der Waals surface area contributed by atoms with Crippen LogP contribution in [0.15, 0.2) is 0 Å². The predicted molar refractivity (Wildman–Crippen MR) is 186 cm³/mol. The highest BCUT2D eigenvalue weighted by atomic mass is 16.7. The fourth-order valence-corrected chi connectivity index (χ4v) is 14.9. The SMILES string of the molecule is CC(=O)OC(C1CC(C)C2C(O1)C(O)C1(C)C3CCC45CC3(CCC21C)C4CCC(OC1CN(C2CCNC2=O)CCO1)C5(C)C)C(C)(C)O. The number of morpholine rings is 1. The summed E-state index contributed by atoms with van der Waals surface area (Å²) in [7, 11) is 0. The molecule has 2 bridgehead atoms. The Labute approximate surface area is 299 Å². The molecule has 9 rings (SSSR count). The zero-order valence-corrected chi connectivity index (χ0v) is 31.8. The van der Waals surface area contributed by atoms with Gasteiger partial charge in [0.25, 0.3) is 0 Å². The summed E-state index contributed by atoms with van der Waals surface area (Å²) in [6.07, 6.45) is 6.98. The Bertz CT molecular complexity index is 1380. The van der Waals surface area contributed by atoms with Gasteiger partial charge in [0.2, 0.25) is 5.91 Å². The van der Waals surface area contributed by atoms with Gasteiger partial charge in [-0.1, -0.05) is 34.6 Å². The van der Waals surface area contributed by atoms with E-state index in [2.05, 4.69) is 44.8 Å². The number of amides is 1. The van der Waals surface area contributed by atoms with Gasteiger partial charge in [-0.15, -0.1) is 0 Å². The van der Waals surface area contributed by atoms with E-state index in [1.54, 1.807) is 13.8 Å². The van der Waals surface area contributed by atoms with Gasteiger partial charge in [-0.3, -0.25) is 14.5 Å². The second-order valence-corrected chi connectivity index (χ2v) is 19.7. The molecular weight excluding hydrogens is 636 g/mol. The van der Waals surface area contributed by atoms with Gasteiger partial charge in [0, 0.05) is 25.4 Å². The number of hydrogen-bond donors (Lipinski definition) is 3. The van der Waals surface area contributed by atoms with Crippen LogP contribution < -0.4 is 5.32 Å². The van der Waals surface area contributed by atoms with E-state index in [4.69, 9.17) is 18.9 Å². The van der Waals surface area contributed by atoms with Gasteiger partial charge in [-0.2, -0.15) is 0 Å². The van der Waals surface area contributed by atoms with E-state index < -0.39 is 29.9 Å². The number of carbonyl (C=O) groups excluding carboxylic acids is 2. The number of carbonyl (C=O) groups is 2. The molecule has 3 heterocycles. The van der Waals surface area contributed by atoms with Crippen molar-refractivity contribution < 1.29 is 38.7 Å². The smallest absolute Gasteiger partial charge is 0.303 e. The highest BCUT2D eigenvalue weighted by molar-refractivity contribution is 5.83. The number of aliphatic hydroxyl groups excluding tert-OH is 1. The van der Waals surface area contributed by atoms with E-state index in [1.165, 1.54) is 19.8 Å². The van der Waals surface area contributed by atoms with Crippen LogP contribution in [-0.2, 0) is 28.5 Å². The van der Waals surface area contributed by atoms with E-state index in [0.29, 0.717) is 31.4 Å². The number of ether oxygens (including phenoxy) is 4. The lowest BCUT2D eigenvalue weighted by Crippen LogP contribution is -2.76. The third kappa shape index (κ3) is 4.66. The van der Waals surface area contributed by atoms with Crippen LogP contribution in [0, 0.1) is 50.7 Å². The molecule has 15 atom stereocenters. The van der Waals surface area contributed by atoms with Crippen LogP contribution >= 0.6 is 0 Å². The summed E-state index contributed by atoms with van der Waals surface area (Å²) in [6, 6.07) is -0.0710. The molecular formula is C40H64N2O8. The maximum atomic E-state index is 12.6. The quantitative estimate of drug-likeness (QED) is 0.345. The Morgan fingerprint density at radius 2 is 1.84 bits per heavy atom. The van der Waals surface area contributed by atoms with E-state index in [-0.39, 0.29) is 69.4 Å². The van der Waals surface area contributed by atoms with Gasteiger partial charge in [0.1, 0.15) is 0 Å². The molecule has 6 aliphatic carbocycles. The third-order valence-electron chi connectivity index (χ3n) is 17.2. The molecule has 50 heavy (non-hydrogen) atoms. The van der Waals surface area contributed by atoms with Gasteiger partial charge in [0.15, 0.2) is 12.4 Å². The average Bonchev–Trinajstić information content (AvgIpc) is 3.55. The molecule has 10 nitrogen and oxygen atoms in total. The monoisotopic (exact) mass is 700 g/mol. The van der Waals surface area contributed by atoms with Gasteiger partial charge >= 0.3 is 5.97 Å². The molecule has 0 aromatic heterocycles.